The van der Waals surface area contributed by atoms with Gasteiger partial charge in [-0.15, -0.1) is 6.58 Å². The molecular weight excluding hydrogens is 254 g/mol. The molecule has 2 aromatic carbocycles. The van der Waals surface area contributed by atoms with E-state index < -0.39 is 0 Å². The SMILES string of the molecule is C=CC.c1ccc(CCN2CCc3ccccc3C2)cc1. The topological polar surface area (TPSA) is 3.24 Å². The first-order valence-corrected chi connectivity index (χ1v) is 7.73. The number of rotatable bonds is 3. The monoisotopic (exact) mass is 279 g/mol. The van der Waals surface area contributed by atoms with Gasteiger partial charge in [0.15, 0.2) is 0 Å². The van der Waals surface area contributed by atoms with Gasteiger partial charge in [-0.05, 0) is 36.5 Å². The second kappa shape index (κ2) is 8.43. The van der Waals surface area contributed by atoms with E-state index in [1.165, 1.54) is 36.2 Å². The Labute approximate surface area is 128 Å². The second-order valence-electron chi connectivity index (χ2n) is 5.44. The summed E-state index contributed by atoms with van der Waals surface area (Å²) in [6.07, 6.45) is 4.11. The maximum atomic E-state index is 3.36. The van der Waals surface area contributed by atoms with Crippen LogP contribution < -0.4 is 0 Å². The normalized spacial score (nSPS) is 13.8. The van der Waals surface area contributed by atoms with Gasteiger partial charge in [0, 0.05) is 19.6 Å². The molecule has 1 aliphatic rings. The average molecular weight is 279 g/mol. The van der Waals surface area contributed by atoms with E-state index >= 15 is 0 Å². The molecule has 1 aliphatic heterocycles. The summed E-state index contributed by atoms with van der Waals surface area (Å²) in [6, 6.07) is 19.6. The molecule has 1 heterocycles. The molecule has 3 rings (SSSR count). The molecule has 0 aromatic heterocycles. The van der Waals surface area contributed by atoms with Gasteiger partial charge < -0.3 is 0 Å². The lowest BCUT2D eigenvalue weighted by Crippen LogP contribution is -2.32. The smallest absolute Gasteiger partial charge is 0.0236 e. The molecule has 0 aliphatic carbocycles. The summed E-state index contributed by atoms with van der Waals surface area (Å²) in [6.45, 7) is 8.73. The number of allylic oxidation sites excluding steroid dienone is 1. The highest BCUT2D eigenvalue weighted by Gasteiger charge is 2.14. The van der Waals surface area contributed by atoms with Crippen molar-refractivity contribution in [2.45, 2.75) is 26.3 Å². The van der Waals surface area contributed by atoms with Crippen LogP contribution in [0.2, 0.25) is 0 Å². The minimum Gasteiger partial charge on any atom is -0.298 e. The van der Waals surface area contributed by atoms with Crippen molar-refractivity contribution in [2.24, 2.45) is 0 Å². The van der Waals surface area contributed by atoms with Crippen LogP contribution in [0, 0.1) is 0 Å². The predicted molar refractivity (Wildman–Crippen MR) is 91.4 cm³/mol. The number of hydrogen-bond donors (Lipinski definition) is 0. The number of benzene rings is 2. The van der Waals surface area contributed by atoms with Crippen molar-refractivity contribution >= 4 is 0 Å². The Bertz CT molecular complexity index is 545. The molecule has 0 radical (unpaired) electrons. The fourth-order valence-electron chi connectivity index (χ4n) is 2.68. The van der Waals surface area contributed by atoms with E-state index in [4.69, 9.17) is 0 Å². The van der Waals surface area contributed by atoms with Gasteiger partial charge >= 0.3 is 0 Å². The first-order valence-electron chi connectivity index (χ1n) is 7.73. The molecule has 0 N–H and O–H groups in total. The van der Waals surface area contributed by atoms with Crippen LogP contribution >= 0.6 is 0 Å². The molecule has 0 fully saturated rings. The van der Waals surface area contributed by atoms with Gasteiger partial charge in [0.25, 0.3) is 0 Å². The standard InChI is InChI=1S/C17H19N.C3H6/c1-2-6-15(7-3-1)10-12-18-13-11-16-8-4-5-9-17(16)14-18;1-3-2/h1-9H,10-14H2;3H,1H2,2H3. The van der Waals surface area contributed by atoms with E-state index in [2.05, 4.69) is 66.1 Å². The molecule has 0 saturated carbocycles. The summed E-state index contributed by atoms with van der Waals surface area (Å²) in [7, 11) is 0. The van der Waals surface area contributed by atoms with Crippen LogP contribution in [0.25, 0.3) is 0 Å². The fourth-order valence-corrected chi connectivity index (χ4v) is 2.68. The van der Waals surface area contributed by atoms with Crippen molar-refractivity contribution in [3.05, 3.63) is 83.9 Å². The summed E-state index contributed by atoms with van der Waals surface area (Å²) in [5, 5.41) is 0. The minimum absolute atomic E-state index is 1.11. The van der Waals surface area contributed by atoms with Crippen molar-refractivity contribution in [2.75, 3.05) is 13.1 Å². The zero-order valence-corrected chi connectivity index (χ0v) is 13.0. The lowest BCUT2D eigenvalue weighted by molar-refractivity contribution is 0.257. The van der Waals surface area contributed by atoms with Crippen molar-refractivity contribution in [3.8, 4) is 0 Å². The third-order valence-corrected chi connectivity index (χ3v) is 3.77. The lowest BCUT2D eigenvalue weighted by atomic mass is 9.99. The zero-order chi connectivity index (χ0) is 14.9. The molecule has 0 spiro atoms. The van der Waals surface area contributed by atoms with E-state index in [0.29, 0.717) is 0 Å². The Kier molecular flexibility index (Phi) is 6.23. The summed E-state index contributed by atoms with van der Waals surface area (Å²) in [5.41, 5.74) is 4.49. The Hall–Kier alpha value is -1.86. The minimum atomic E-state index is 1.11. The van der Waals surface area contributed by atoms with Crippen LogP contribution in [0.15, 0.2) is 67.3 Å². The van der Waals surface area contributed by atoms with E-state index in [1.807, 2.05) is 6.92 Å². The van der Waals surface area contributed by atoms with E-state index in [9.17, 15) is 0 Å². The van der Waals surface area contributed by atoms with Gasteiger partial charge in [-0.25, -0.2) is 0 Å². The Balaban J connectivity index is 0.000000497. The molecule has 1 heteroatoms. The first kappa shape index (κ1) is 15.5. The molecule has 0 amide bonds. The van der Waals surface area contributed by atoms with Gasteiger partial charge in [-0.3, -0.25) is 4.90 Å². The van der Waals surface area contributed by atoms with Crippen LogP contribution in [-0.4, -0.2) is 18.0 Å². The number of nitrogens with zero attached hydrogens (tertiary/aromatic N) is 1. The molecule has 21 heavy (non-hydrogen) atoms. The molecular formula is C20H25N. The van der Waals surface area contributed by atoms with Gasteiger partial charge in [0.05, 0.1) is 0 Å². The molecule has 110 valence electrons. The molecule has 1 nitrogen and oxygen atoms in total. The highest BCUT2D eigenvalue weighted by atomic mass is 15.1. The highest BCUT2D eigenvalue weighted by Crippen LogP contribution is 2.18. The van der Waals surface area contributed by atoms with Crippen LogP contribution in [0.4, 0.5) is 0 Å². The summed E-state index contributed by atoms with van der Waals surface area (Å²) < 4.78 is 0. The summed E-state index contributed by atoms with van der Waals surface area (Å²) >= 11 is 0. The van der Waals surface area contributed by atoms with Gasteiger partial charge in [-0.2, -0.15) is 0 Å². The van der Waals surface area contributed by atoms with Crippen LogP contribution in [0.1, 0.15) is 23.6 Å². The molecule has 0 saturated heterocycles. The number of hydrogen-bond acceptors (Lipinski definition) is 1. The van der Waals surface area contributed by atoms with Crippen LogP contribution in [-0.2, 0) is 19.4 Å². The largest absolute Gasteiger partial charge is 0.298 e. The van der Waals surface area contributed by atoms with Crippen molar-refractivity contribution in [3.63, 3.8) is 0 Å². The summed E-state index contributed by atoms with van der Waals surface area (Å²) in [4.78, 5) is 2.56. The predicted octanol–water partition coefficient (Wildman–Crippen LogP) is 4.48. The summed E-state index contributed by atoms with van der Waals surface area (Å²) in [5.74, 6) is 0. The maximum absolute atomic E-state index is 3.36. The Morgan fingerprint density at radius 3 is 2.33 bits per heavy atom. The van der Waals surface area contributed by atoms with Crippen LogP contribution in [0.3, 0.4) is 0 Å². The molecule has 0 unspecified atom stereocenters. The van der Waals surface area contributed by atoms with E-state index in [0.717, 1.165) is 13.0 Å². The average Bonchev–Trinajstić information content (AvgIpc) is 2.54. The van der Waals surface area contributed by atoms with Gasteiger partial charge in [0.2, 0.25) is 0 Å². The van der Waals surface area contributed by atoms with E-state index in [-0.39, 0.29) is 0 Å². The second-order valence-corrected chi connectivity index (χ2v) is 5.44. The van der Waals surface area contributed by atoms with Crippen molar-refractivity contribution in [1.82, 2.24) is 4.90 Å². The lowest BCUT2D eigenvalue weighted by Gasteiger charge is -2.28. The zero-order valence-electron chi connectivity index (χ0n) is 13.0. The molecule has 2 aromatic rings. The third kappa shape index (κ3) is 4.87. The number of fused-ring (bicyclic) bond motifs is 1. The van der Waals surface area contributed by atoms with E-state index in [1.54, 1.807) is 6.08 Å². The highest BCUT2D eigenvalue weighted by molar-refractivity contribution is 5.29. The van der Waals surface area contributed by atoms with Gasteiger partial charge in [0.1, 0.15) is 0 Å². The Morgan fingerprint density at radius 2 is 1.62 bits per heavy atom. The fraction of sp³-hybridized carbons (Fsp3) is 0.300. The molecule has 0 bridgehead atoms. The third-order valence-electron chi connectivity index (χ3n) is 3.77. The maximum Gasteiger partial charge on any atom is 0.0236 e. The van der Waals surface area contributed by atoms with Gasteiger partial charge in [-0.1, -0.05) is 60.7 Å². The quantitative estimate of drug-likeness (QED) is 0.749. The Morgan fingerprint density at radius 1 is 1.00 bits per heavy atom. The first-order chi connectivity index (χ1) is 10.3. The molecule has 0 atom stereocenters. The van der Waals surface area contributed by atoms with Crippen LogP contribution in [0.5, 0.6) is 0 Å². The van der Waals surface area contributed by atoms with Crippen molar-refractivity contribution < 1.29 is 0 Å². The van der Waals surface area contributed by atoms with Crippen molar-refractivity contribution in [1.29, 1.82) is 0 Å².